The van der Waals surface area contributed by atoms with Gasteiger partial charge in [0.05, 0.1) is 0 Å². The van der Waals surface area contributed by atoms with Gasteiger partial charge in [-0.3, -0.25) is 0 Å². The first kappa shape index (κ1) is 17.2. The Balaban J connectivity index is 2.60. The number of alkyl halides is 5. The van der Waals surface area contributed by atoms with Gasteiger partial charge >= 0.3 is 12.2 Å². The molecule has 0 aliphatic carbocycles. The summed E-state index contributed by atoms with van der Waals surface area (Å²) in [4.78, 5) is 11.4. The fraction of sp³-hybridized carbons (Fsp3) is 0.462. The number of nitrogens with one attached hydrogen (secondary N) is 2. The standard InChI is InChI=1S/C13H15F5N2O/c1-12(2,13(16,17)18)20-11(21)19-7-8-4-3-5-9(6-8)10(14)15/h3-6,10H,7H2,1-2H3,(H2,19,20,21). The average molecular weight is 310 g/mol. The Morgan fingerprint density at radius 3 is 2.38 bits per heavy atom. The molecular weight excluding hydrogens is 295 g/mol. The van der Waals surface area contributed by atoms with E-state index in [-0.39, 0.29) is 12.1 Å². The van der Waals surface area contributed by atoms with Crippen molar-refractivity contribution in [1.29, 1.82) is 0 Å². The second-order valence-corrected chi connectivity index (χ2v) is 4.98. The molecule has 0 aromatic heterocycles. The maximum absolute atomic E-state index is 12.6. The highest BCUT2D eigenvalue weighted by molar-refractivity contribution is 5.74. The van der Waals surface area contributed by atoms with E-state index < -0.39 is 24.2 Å². The minimum atomic E-state index is -4.60. The van der Waals surface area contributed by atoms with Crippen LogP contribution in [0.5, 0.6) is 0 Å². The lowest BCUT2D eigenvalue weighted by molar-refractivity contribution is -0.182. The third-order valence-corrected chi connectivity index (χ3v) is 2.79. The summed E-state index contributed by atoms with van der Waals surface area (Å²) in [6.45, 7) is 1.49. The van der Waals surface area contributed by atoms with E-state index in [4.69, 9.17) is 0 Å². The minimum Gasteiger partial charge on any atom is -0.334 e. The number of urea groups is 1. The molecule has 0 aliphatic rings. The van der Waals surface area contributed by atoms with Crippen LogP contribution in [0.25, 0.3) is 0 Å². The third kappa shape index (κ3) is 4.87. The first-order valence-electron chi connectivity index (χ1n) is 6.02. The fourth-order valence-corrected chi connectivity index (χ4v) is 1.42. The summed E-state index contributed by atoms with van der Waals surface area (Å²) in [6.07, 6.45) is -7.25. The Kier molecular flexibility index (Phi) is 5.14. The number of amides is 2. The normalized spacial score (nSPS) is 12.4. The van der Waals surface area contributed by atoms with Crippen molar-refractivity contribution in [1.82, 2.24) is 10.6 Å². The zero-order chi connectivity index (χ0) is 16.3. The van der Waals surface area contributed by atoms with Crippen molar-refractivity contribution in [2.45, 2.75) is 38.5 Å². The van der Waals surface area contributed by atoms with E-state index in [1.54, 1.807) is 5.32 Å². The number of carbonyl (C=O) groups excluding carboxylic acids is 1. The molecule has 0 saturated carbocycles. The number of benzene rings is 1. The molecule has 3 nitrogen and oxygen atoms in total. The number of carbonyl (C=O) groups is 1. The molecule has 0 bridgehead atoms. The van der Waals surface area contributed by atoms with Crippen molar-refractivity contribution < 1.29 is 26.7 Å². The molecule has 0 spiro atoms. The van der Waals surface area contributed by atoms with E-state index in [0.717, 1.165) is 13.8 Å². The molecule has 2 amide bonds. The van der Waals surface area contributed by atoms with Crippen molar-refractivity contribution in [2.24, 2.45) is 0 Å². The summed E-state index contributed by atoms with van der Waals surface area (Å²) in [5, 5.41) is 3.98. The van der Waals surface area contributed by atoms with Crippen molar-refractivity contribution in [3.8, 4) is 0 Å². The number of hydrogen-bond donors (Lipinski definition) is 2. The highest BCUT2D eigenvalue weighted by atomic mass is 19.4. The summed E-state index contributed by atoms with van der Waals surface area (Å²) in [5.74, 6) is 0. The molecule has 0 saturated heterocycles. The van der Waals surface area contributed by atoms with Gasteiger partial charge in [-0.25, -0.2) is 13.6 Å². The van der Waals surface area contributed by atoms with Crippen LogP contribution >= 0.6 is 0 Å². The van der Waals surface area contributed by atoms with Gasteiger partial charge in [0.1, 0.15) is 5.54 Å². The topological polar surface area (TPSA) is 41.1 Å². The van der Waals surface area contributed by atoms with Crippen molar-refractivity contribution in [3.63, 3.8) is 0 Å². The van der Waals surface area contributed by atoms with Crippen molar-refractivity contribution >= 4 is 6.03 Å². The largest absolute Gasteiger partial charge is 0.411 e. The van der Waals surface area contributed by atoms with Gasteiger partial charge in [0, 0.05) is 12.1 Å². The second kappa shape index (κ2) is 6.28. The minimum absolute atomic E-state index is 0.152. The van der Waals surface area contributed by atoms with E-state index in [9.17, 15) is 26.7 Å². The van der Waals surface area contributed by atoms with E-state index in [0.29, 0.717) is 5.56 Å². The van der Waals surface area contributed by atoms with Gasteiger partial charge < -0.3 is 10.6 Å². The molecular formula is C13H15F5N2O. The Labute approximate surface area is 118 Å². The molecule has 0 aliphatic heterocycles. The van der Waals surface area contributed by atoms with Crippen LogP contribution in [0, 0.1) is 0 Å². The molecule has 0 fully saturated rings. The summed E-state index contributed by atoms with van der Waals surface area (Å²) in [6, 6.07) is 4.25. The van der Waals surface area contributed by atoms with E-state index in [1.807, 2.05) is 0 Å². The highest BCUT2D eigenvalue weighted by Gasteiger charge is 2.48. The molecule has 2 N–H and O–H groups in total. The quantitative estimate of drug-likeness (QED) is 0.817. The molecule has 1 aromatic carbocycles. The molecule has 1 rings (SSSR count). The SMILES string of the molecule is CC(C)(NC(=O)NCc1cccc(C(F)F)c1)C(F)(F)F. The Bertz CT molecular complexity index is 500. The van der Waals surface area contributed by atoms with Crippen LogP contribution in [0.4, 0.5) is 26.7 Å². The van der Waals surface area contributed by atoms with Crippen LogP contribution in [0.2, 0.25) is 0 Å². The maximum atomic E-state index is 12.6. The number of rotatable bonds is 4. The van der Waals surface area contributed by atoms with Crippen LogP contribution in [-0.4, -0.2) is 17.7 Å². The lowest BCUT2D eigenvalue weighted by atomic mass is 10.1. The van der Waals surface area contributed by atoms with Crippen LogP contribution in [0.1, 0.15) is 31.4 Å². The molecule has 21 heavy (non-hydrogen) atoms. The molecule has 0 unspecified atom stereocenters. The van der Waals surface area contributed by atoms with E-state index >= 15 is 0 Å². The summed E-state index contributed by atoms with van der Waals surface area (Å²) in [7, 11) is 0. The molecule has 1 aromatic rings. The predicted octanol–water partition coefficient (Wildman–Crippen LogP) is 3.76. The number of halogens is 5. The van der Waals surface area contributed by atoms with Crippen molar-refractivity contribution in [2.75, 3.05) is 0 Å². The predicted molar refractivity (Wildman–Crippen MR) is 66.9 cm³/mol. The second-order valence-electron chi connectivity index (χ2n) is 4.98. The van der Waals surface area contributed by atoms with Crippen LogP contribution in [-0.2, 0) is 6.54 Å². The van der Waals surface area contributed by atoms with Gasteiger partial charge in [-0.05, 0) is 25.5 Å². The zero-order valence-corrected chi connectivity index (χ0v) is 11.4. The molecule has 0 heterocycles. The lowest BCUT2D eigenvalue weighted by Crippen LogP contribution is -2.56. The lowest BCUT2D eigenvalue weighted by Gasteiger charge is -2.28. The molecule has 118 valence electrons. The zero-order valence-electron chi connectivity index (χ0n) is 11.4. The van der Waals surface area contributed by atoms with Gasteiger partial charge in [-0.1, -0.05) is 18.2 Å². The Morgan fingerprint density at radius 2 is 1.86 bits per heavy atom. The molecule has 0 radical (unpaired) electrons. The first-order chi connectivity index (χ1) is 9.53. The number of hydrogen-bond acceptors (Lipinski definition) is 1. The summed E-state index contributed by atoms with van der Waals surface area (Å²) in [5.41, 5.74) is -2.24. The molecule has 8 heteroatoms. The van der Waals surface area contributed by atoms with Crippen LogP contribution in [0.3, 0.4) is 0 Å². The summed E-state index contributed by atoms with van der Waals surface area (Å²) < 4.78 is 62.7. The highest BCUT2D eigenvalue weighted by Crippen LogP contribution is 2.29. The van der Waals surface area contributed by atoms with Crippen LogP contribution in [0.15, 0.2) is 24.3 Å². The monoisotopic (exact) mass is 310 g/mol. The maximum Gasteiger partial charge on any atom is 0.411 e. The third-order valence-electron chi connectivity index (χ3n) is 2.79. The van der Waals surface area contributed by atoms with Crippen molar-refractivity contribution in [3.05, 3.63) is 35.4 Å². The summed E-state index contributed by atoms with van der Waals surface area (Å²) >= 11 is 0. The fourth-order valence-electron chi connectivity index (χ4n) is 1.42. The van der Waals surface area contributed by atoms with Gasteiger partial charge in [0.15, 0.2) is 0 Å². The van der Waals surface area contributed by atoms with Gasteiger partial charge in [-0.2, -0.15) is 13.2 Å². The van der Waals surface area contributed by atoms with Crippen LogP contribution < -0.4 is 10.6 Å². The first-order valence-corrected chi connectivity index (χ1v) is 6.02. The average Bonchev–Trinajstić information content (AvgIpc) is 2.35. The smallest absolute Gasteiger partial charge is 0.334 e. The Morgan fingerprint density at radius 1 is 1.24 bits per heavy atom. The van der Waals surface area contributed by atoms with Gasteiger partial charge in [0.25, 0.3) is 6.43 Å². The molecule has 0 atom stereocenters. The van der Waals surface area contributed by atoms with Gasteiger partial charge in [-0.15, -0.1) is 0 Å². The Hall–Kier alpha value is -1.86. The van der Waals surface area contributed by atoms with E-state index in [1.165, 1.54) is 24.3 Å². The van der Waals surface area contributed by atoms with Gasteiger partial charge in [0.2, 0.25) is 0 Å². The van der Waals surface area contributed by atoms with E-state index in [2.05, 4.69) is 5.32 Å².